The summed E-state index contributed by atoms with van der Waals surface area (Å²) in [4.78, 5) is 10.1. The summed E-state index contributed by atoms with van der Waals surface area (Å²) >= 11 is 1.78. The minimum Gasteiger partial charge on any atom is -0.393 e. The average molecular weight is 240 g/mol. The van der Waals surface area contributed by atoms with Gasteiger partial charge in [0.15, 0.2) is 0 Å². The van der Waals surface area contributed by atoms with E-state index >= 15 is 0 Å². The predicted octanol–water partition coefficient (Wildman–Crippen LogP) is 3.21. The van der Waals surface area contributed by atoms with Gasteiger partial charge in [0.05, 0.1) is 4.92 Å². The van der Waals surface area contributed by atoms with Gasteiger partial charge in [-0.3, -0.25) is 10.1 Å². The second-order valence-electron chi connectivity index (χ2n) is 4.55. The Bertz CT molecular complexity index is 399. The summed E-state index contributed by atoms with van der Waals surface area (Å²) in [6.07, 6.45) is 0. The topological polar surface area (TPSA) is 69.2 Å². The highest BCUT2D eigenvalue weighted by molar-refractivity contribution is 7.99. The van der Waals surface area contributed by atoms with Crippen LogP contribution in [0.3, 0.4) is 0 Å². The lowest BCUT2D eigenvalue weighted by atomic mass is 10.2. The van der Waals surface area contributed by atoms with Gasteiger partial charge >= 0.3 is 0 Å². The average Bonchev–Trinajstić information content (AvgIpc) is 2.13. The van der Waals surface area contributed by atoms with E-state index in [0.717, 1.165) is 11.3 Å². The number of thioether (sulfide) groups is 1. The van der Waals surface area contributed by atoms with Crippen molar-refractivity contribution in [2.75, 3.05) is 5.73 Å². The van der Waals surface area contributed by atoms with E-state index in [4.69, 9.17) is 5.73 Å². The number of nitrogens with two attached hydrogens (primary N) is 1. The smallest absolute Gasteiger partial charge is 0.292 e. The molecule has 0 bridgehead atoms. The first-order valence-electron chi connectivity index (χ1n) is 4.96. The molecular formula is C11H16N2O2S. The highest BCUT2D eigenvalue weighted by Crippen LogP contribution is 2.29. The molecule has 0 atom stereocenters. The fourth-order valence-electron chi connectivity index (χ4n) is 1.16. The van der Waals surface area contributed by atoms with Gasteiger partial charge in [0.2, 0.25) is 0 Å². The van der Waals surface area contributed by atoms with Crippen molar-refractivity contribution in [1.29, 1.82) is 0 Å². The minimum atomic E-state index is -0.462. The van der Waals surface area contributed by atoms with Gasteiger partial charge in [-0.1, -0.05) is 26.8 Å². The van der Waals surface area contributed by atoms with Crippen LogP contribution in [-0.2, 0) is 5.75 Å². The third-order valence-corrected chi connectivity index (χ3v) is 3.30. The third kappa shape index (κ3) is 3.73. The van der Waals surface area contributed by atoms with Crippen molar-refractivity contribution in [3.05, 3.63) is 33.9 Å². The highest BCUT2D eigenvalue weighted by atomic mass is 32.2. The third-order valence-electron chi connectivity index (χ3n) is 1.96. The fraction of sp³-hybridized carbons (Fsp3) is 0.455. The second kappa shape index (κ2) is 4.74. The van der Waals surface area contributed by atoms with Crippen molar-refractivity contribution in [3.8, 4) is 0 Å². The molecule has 1 aromatic rings. The zero-order valence-electron chi connectivity index (χ0n) is 9.69. The van der Waals surface area contributed by atoms with E-state index in [1.807, 2.05) is 0 Å². The van der Waals surface area contributed by atoms with Gasteiger partial charge in [0.1, 0.15) is 5.69 Å². The zero-order valence-corrected chi connectivity index (χ0v) is 10.5. The molecule has 88 valence electrons. The van der Waals surface area contributed by atoms with Crippen molar-refractivity contribution in [3.63, 3.8) is 0 Å². The molecule has 0 saturated carbocycles. The number of nitrogens with zero attached hydrogens (tertiary/aromatic N) is 1. The summed E-state index contributed by atoms with van der Waals surface area (Å²) in [5.41, 5.74) is 6.84. The molecular weight excluding hydrogens is 224 g/mol. The van der Waals surface area contributed by atoms with E-state index in [2.05, 4.69) is 20.8 Å². The van der Waals surface area contributed by atoms with E-state index in [1.165, 1.54) is 6.07 Å². The monoisotopic (exact) mass is 240 g/mol. The Balaban J connectivity index is 2.78. The number of nitrogen functional groups attached to an aromatic ring is 1. The van der Waals surface area contributed by atoms with E-state index in [0.29, 0.717) is 0 Å². The summed E-state index contributed by atoms with van der Waals surface area (Å²) in [6, 6.07) is 4.90. The Morgan fingerprint density at radius 3 is 2.50 bits per heavy atom. The van der Waals surface area contributed by atoms with Crippen LogP contribution in [0.15, 0.2) is 18.2 Å². The van der Waals surface area contributed by atoms with Gasteiger partial charge in [0, 0.05) is 16.6 Å². The lowest BCUT2D eigenvalue weighted by Gasteiger charge is -2.17. The van der Waals surface area contributed by atoms with E-state index in [-0.39, 0.29) is 16.1 Å². The first-order chi connectivity index (χ1) is 7.29. The molecule has 0 heterocycles. The summed E-state index contributed by atoms with van der Waals surface area (Å²) in [5.74, 6) is 0.811. The van der Waals surface area contributed by atoms with Crippen molar-refractivity contribution >= 4 is 23.1 Å². The minimum absolute atomic E-state index is 0.0236. The van der Waals surface area contributed by atoms with E-state index in [9.17, 15) is 10.1 Å². The molecule has 0 aromatic heterocycles. The van der Waals surface area contributed by atoms with Crippen molar-refractivity contribution in [2.24, 2.45) is 0 Å². The van der Waals surface area contributed by atoms with Crippen molar-refractivity contribution in [2.45, 2.75) is 31.3 Å². The maximum atomic E-state index is 10.6. The fourth-order valence-corrected chi connectivity index (χ4v) is 1.94. The van der Waals surface area contributed by atoms with Gasteiger partial charge in [0.25, 0.3) is 5.69 Å². The molecule has 0 fully saturated rings. The zero-order chi connectivity index (χ0) is 12.3. The van der Waals surface area contributed by atoms with Gasteiger partial charge < -0.3 is 5.73 Å². The molecule has 0 unspecified atom stereocenters. The van der Waals surface area contributed by atoms with Crippen LogP contribution in [0, 0.1) is 10.1 Å². The summed E-state index contributed by atoms with van der Waals surface area (Å²) in [7, 11) is 0. The van der Waals surface area contributed by atoms with E-state index in [1.54, 1.807) is 23.9 Å². The van der Waals surface area contributed by atoms with Crippen LogP contribution >= 0.6 is 11.8 Å². The summed E-state index contributed by atoms with van der Waals surface area (Å²) < 4.78 is 0.177. The van der Waals surface area contributed by atoms with Crippen LogP contribution in [0.2, 0.25) is 0 Å². The Hall–Kier alpha value is -1.23. The quantitative estimate of drug-likeness (QED) is 0.500. The van der Waals surface area contributed by atoms with Crippen LogP contribution in [0.5, 0.6) is 0 Å². The molecule has 0 spiro atoms. The molecule has 0 radical (unpaired) electrons. The SMILES string of the molecule is CC(C)(C)SCc1ccc([N+](=O)[O-])c(N)c1. The largest absolute Gasteiger partial charge is 0.393 e. The van der Waals surface area contributed by atoms with Gasteiger partial charge in [-0.15, -0.1) is 0 Å². The van der Waals surface area contributed by atoms with Crippen LogP contribution in [0.1, 0.15) is 26.3 Å². The number of nitro benzene ring substituents is 1. The van der Waals surface area contributed by atoms with Gasteiger partial charge in [-0.2, -0.15) is 11.8 Å². The number of hydrogen-bond donors (Lipinski definition) is 1. The molecule has 0 amide bonds. The Labute approximate surface area is 99.4 Å². The lowest BCUT2D eigenvalue weighted by Crippen LogP contribution is -2.07. The Kier molecular flexibility index (Phi) is 3.80. The predicted molar refractivity (Wildman–Crippen MR) is 68.6 cm³/mol. The number of nitro groups is 1. The molecule has 16 heavy (non-hydrogen) atoms. The molecule has 0 saturated heterocycles. The molecule has 0 aliphatic rings. The maximum absolute atomic E-state index is 10.6. The van der Waals surface area contributed by atoms with Gasteiger partial charge in [-0.05, 0) is 11.6 Å². The van der Waals surface area contributed by atoms with Crippen LogP contribution < -0.4 is 5.73 Å². The summed E-state index contributed by atoms with van der Waals surface area (Å²) in [6.45, 7) is 6.39. The molecule has 1 aromatic carbocycles. The standard InChI is InChI=1S/C11H16N2O2S/c1-11(2,3)16-7-8-4-5-10(13(14)15)9(12)6-8/h4-6H,7,12H2,1-3H3. The van der Waals surface area contributed by atoms with Crippen molar-refractivity contribution < 1.29 is 4.92 Å². The first kappa shape index (κ1) is 12.8. The number of anilines is 1. The molecule has 4 nitrogen and oxygen atoms in total. The van der Waals surface area contributed by atoms with Crippen LogP contribution in [0.4, 0.5) is 11.4 Å². The molecule has 0 aliphatic carbocycles. The van der Waals surface area contributed by atoms with Crippen LogP contribution in [0.25, 0.3) is 0 Å². The normalized spacial score (nSPS) is 11.4. The van der Waals surface area contributed by atoms with Gasteiger partial charge in [-0.25, -0.2) is 0 Å². The lowest BCUT2D eigenvalue weighted by molar-refractivity contribution is -0.383. The second-order valence-corrected chi connectivity index (χ2v) is 6.35. The van der Waals surface area contributed by atoms with E-state index < -0.39 is 4.92 Å². The number of benzene rings is 1. The molecule has 2 N–H and O–H groups in total. The number of rotatable bonds is 3. The molecule has 0 aliphatic heterocycles. The maximum Gasteiger partial charge on any atom is 0.292 e. The Morgan fingerprint density at radius 1 is 1.44 bits per heavy atom. The first-order valence-corrected chi connectivity index (χ1v) is 5.95. The van der Waals surface area contributed by atoms with Crippen molar-refractivity contribution in [1.82, 2.24) is 0 Å². The molecule has 1 rings (SSSR count). The Morgan fingerprint density at radius 2 is 2.06 bits per heavy atom. The number of hydrogen-bond acceptors (Lipinski definition) is 4. The highest BCUT2D eigenvalue weighted by Gasteiger charge is 2.14. The summed E-state index contributed by atoms with van der Waals surface area (Å²) in [5, 5.41) is 10.6. The van der Waals surface area contributed by atoms with Crippen LogP contribution in [-0.4, -0.2) is 9.67 Å². The molecule has 5 heteroatoms.